The number of rotatable bonds is 1. The molecular formula is C14H28N2. The van der Waals surface area contributed by atoms with E-state index in [-0.39, 0.29) is 0 Å². The summed E-state index contributed by atoms with van der Waals surface area (Å²) in [6.07, 6.45) is 7.23. The van der Waals surface area contributed by atoms with Crippen LogP contribution in [0.4, 0.5) is 0 Å². The van der Waals surface area contributed by atoms with Crippen molar-refractivity contribution in [3.8, 4) is 0 Å². The molecule has 2 fully saturated rings. The van der Waals surface area contributed by atoms with Gasteiger partial charge in [0.05, 0.1) is 0 Å². The van der Waals surface area contributed by atoms with E-state index in [1.54, 1.807) is 0 Å². The Morgan fingerprint density at radius 3 is 2.75 bits per heavy atom. The highest BCUT2D eigenvalue weighted by atomic mass is 15.2. The zero-order valence-electron chi connectivity index (χ0n) is 11.0. The Balaban J connectivity index is 1.89. The van der Waals surface area contributed by atoms with Crippen molar-refractivity contribution in [2.45, 2.75) is 52.0 Å². The lowest BCUT2D eigenvalue weighted by molar-refractivity contribution is 0.172. The van der Waals surface area contributed by atoms with Crippen molar-refractivity contribution in [3.05, 3.63) is 0 Å². The first-order valence-corrected chi connectivity index (χ1v) is 7.20. The largest absolute Gasteiger partial charge is 0.315 e. The highest BCUT2D eigenvalue weighted by Gasteiger charge is 2.24. The third-order valence-corrected chi connectivity index (χ3v) is 4.36. The van der Waals surface area contributed by atoms with Crippen LogP contribution < -0.4 is 5.32 Å². The molecule has 3 atom stereocenters. The van der Waals surface area contributed by atoms with Gasteiger partial charge in [0.2, 0.25) is 0 Å². The highest BCUT2D eigenvalue weighted by molar-refractivity contribution is 4.80. The fourth-order valence-electron chi connectivity index (χ4n) is 3.29. The molecule has 0 spiro atoms. The summed E-state index contributed by atoms with van der Waals surface area (Å²) in [7, 11) is 0. The van der Waals surface area contributed by atoms with Crippen LogP contribution in [-0.2, 0) is 0 Å². The van der Waals surface area contributed by atoms with Crippen LogP contribution in [-0.4, -0.2) is 37.1 Å². The predicted octanol–water partition coefficient (Wildman–Crippen LogP) is 2.50. The van der Waals surface area contributed by atoms with Gasteiger partial charge in [-0.2, -0.15) is 0 Å². The summed E-state index contributed by atoms with van der Waals surface area (Å²) in [5.74, 6) is 1.79. The number of hydrogen-bond donors (Lipinski definition) is 1. The van der Waals surface area contributed by atoms with Crippen molar-refractivity contribution in [3.63, 3.8) is 0 Å². The van der Waals surface area contributed by atoms with Gasteiger partial charge in [0.15, 0.2) is 0 Å². The molecule has 0 aromatic rings. The molecule has 3 unspecified atom stereocenters. The fraction of sp³-hybridized carbons (Fsp3) is 1.00. The van der Waals surface area contributed by atoms with Gasteiger partial charge in [-0.15, -0.1) is 0 Å². The Bertz CT molecular complexity index is 205. The summed E-state index contributed by atoms with van der Waals surface area (Å²) in [4.78, 5) is 2.77. The van der Waals surface area contributed by atoms with Gasteiger partial charge in [0, 0.05) is 25.7 Å². The fourth-order valence-corrected chi connectivity index (χ4v) is 3.29. The van der Waals surface area contributed by atoms with Crippen molar-refractivity contribution in [2.24, 2.45) is 11.8 Å². The number of hydrogen-bond acceptors (Lipinski definition) is 2. The second kappa shape index (κ2) is 6.02. The van der Waals surface area contributed by atoms with E-state index in [9.17, 15) is 0 Å². The van der Waals surface area contributed by atoms with Crippen LogP contribution >= 0.6 is 0 Å². The van der Waals surface area contributed by atoms with Crippen LogP contribution in [0, 0.1) is 11.8 Å². The summed E-state index contributed by atoms with van der Waals surface area (Å²) in [5.41, 5.74) is 0. The molecule has 1 saturated heterocycles. The SMILES string of the molecule is CC1CCCC(N2CCNCC(C)C2)CC1. The molecule has 0 aromatic carbocycles. The number of nitrogens with zero attached hydrogens (tertiary/aromatic N) is 1. The van der Waals surface area contributed by atoms with Crippen LogP contribution in [0.2, 0.25) is 0 Å². The summed E-state index contributed by atoms with van der Waals surface area (Å²) >= 11 is 0. The van der Waals surface area contributed by atoms with Crippen molar-refractivity contribution < 1.29 is 0 Å². The van der Waals surface area contributed by atoms with Crippen molar-refractivity contribution >= 4 is 0 Å². The lowest BCUT2D eigenvalue weighted by Crippen LogP contribution is -2.38. The molecular weight excluding hydrogens is 196 g/mol. The second-order valence-electron chi connectivity index (χ2n) is 6.07. The maximum absolute atomic E-state index is 3.55. The lowest BCUT2D eigenvalue weighted by Gasteiger charge is -2.31. The molecule has 1 saturated carbocycles. The molecule has 0 aromatic heterocycles. The van der Waals surface area contributed by atoms with E-state index in [1.807, 2.05) is 0 Å². The quantitative estimate of drug-likeness (QED) is 0.689. The molecule has 2 nitrogen and oxygen atoms in total. The van der Waals surface area contributed by atoms with E-state index in [0.717, 1.165) is 17.9 Å². The Morgan fingerprint density at radius 1 is 1.00 bits per heavy atom. The minimum atomic E-state index is 0.822. The molecule has 1 heterocycles. The molecule has 16 heavy (non-hydrogen) atoms. The topological polar surface area (TPSA) is 15.3 Å². The van der Waals surface area contributed by atoms with Gasteiger partial charge in [0.25, 0.3) is 0 Å². The Kier molecular flexibility index (Phi) is 4.66. The molecule has 0 amide bonds. The molecule has 2 rings (SSSR count). The minimum absolute atomic E-state index is 0.822. The third-order valence-electron chi connectivity index (χ3n) is 4.36. The normalized spacial score (nSPS) is 39.0. The maximum atomic E-state index is 3.55. The van der Waals surface area contributed by atoms with Crippen molar-refractivity contribution in [1.29, 1.82) is 0 Å². The van der Waals surface area contributed by atoms with E-state index in [2.05, 4.69) is 24.1 Å². The summed E-state index contributed by atoms with van der Waals surface area (Å²) in [6, 6.07) is 0.882. The first-order valence-electron chi connectivity index (χ1n) is 7.20. The second-order valence-corrected chi connectivity index (χ2v) is 6.07. The highest BCUT2D eigenvalue weighted by Crippen LogP contribution is 2.26. The Labute approximate surface area is 101 Å². The zero-order valence-corrected chi connectivity index (χ0v) is 11.0. The number of nitrogens with one attached hydrogen (secondary N) is 1. The van der Waals surface area contributed by atoms with Gasteiger partial charge < -0.3 is 5.32 Å². The van der Waals surface area contributed by atoms with Crippen LogP contribution in [0.3, 0.4) is 0 Å². The van der Waals surface area contributed by atoms with E-state index >= 15 is 0 Å². The molecule has 1 aliphatic heterocycles. The lowest BCUT2D eigenvalue weighted by atomic mass is 10.0. The van der Waals surface area contributed by atoms with E-state index in [4.69, 9.17) is 0 Å². The van der Waals surface area contributed by atoms with Gasteiger partial charge in [-0.25, -0.2) is 0 Å². The Morgan fingerprint density at radius 2 is 1.88 bits per heavy atom. The smallest absolute Gasteiger partial charge is 0.0110 e. The van der Waals surface area contributed by atoms with Gasteiger partial charge in [0.1, 0.15) is 0 Å². The first-order chi connectivity index (χ1) is 7.75. The van der Waals surface area contributed by atoms with E-state index < -0.39 is 0 Å². The molecule has 2 aliphatic rings. The van der Waals surface area contributed by atoms with E-state index in [0.29, 0.717) is 0 Å². The summed E-state index contributed by atoms with van der Waals surface area (Å²) in [6.45, 7) is 9.78. The van der Waals surface area contributed by atoms with Crippen LogP contribution in [0.15, 0.2) is 0 Å². The monoisotopic (exact) mass is 224 g/mol. The van der Waals surface area contributed by atoms with Gasteiger partial charge in [-0.1, -0.05) is 26.7 Å². The average Bonchev–Trinajstić information content (AvgIpc) is 2.58. The first kappa shape index (κ1) is 12.4. The van der Waals surface area contributed by atoms with Gasteiger partial charge >= 0.3 is 0 Å². The van der Waals surface area contributed by atoms with Crippen molar-refractivity contribution in [1.82, 2.24) is 10.2 Å². The maximum Gasteiger partial charge on any atom is 0.0110 e. The van der Waals surface area contributed by atoms with Gasteiger partial charge in [-0.05, 0) is 37.6 Å². The average molecular weight is 224 g/mol. The van der Waals surface area contributed by atoms with Crippen LogP contribution in [0.1, 0.15) is 46.0 Å². The predicted molar refractivity (Wildman–Crippen MR) is 69.6 cm³/mol. The Hall–Kier alpha value is -0.0800. The van der Waals surface area contributed by atoms with Gasteiger partial charge in [-0.3, -0.25) is 4.90 Å². The third kappa shape index (κ3) is 3.46. The molecule has 2 heteroatoms. The van der Waals surface area contributed by atoms with Crippen LogP contribution in [0.25, 0.3) is 0 Å². The minimum Gasteiger partial charge on any atom is -0.315 e. The molecule has 0 radical (unpaired) electrons. The van der Waals surface area contributed by atoms with E-state index in [1.165, 1.54) is 58.3 Å². The zero-order chi connectivity index (χ0) is 11.4. The standard InChI is InChI=1S/C14H28N2/c1-12-4-3-5-14(7-6-12)16-9-8-15-10-13(2)11-16/h12-15H,3-11H2,1-2H3. The summed E-state index contributed by atoms with van der Waals surface area (Å²) in [5, 5.41) is 3.55. The van der Waals surface area contributed by atoms with Crippen molar-refractivity contribution in [2.75, 3.05) is 26.2 Å². The van der Waals surface area contributed by atoms with Crippen LogP contribution in [0.5, 0.6) is 0 Å². The molecule has 0 bridgehead atoms. The molecule has 94 valence electrons. The summed E-state index contributed by atoms with van der Waals surface area (Å²) < 4.78 is 0. The molecule has 1 aliphatic carbocycles. The molecule has 1 N–H and O–H groups in total.